The van der Waals surface area contributed by atoms with E-state index >= 15 is 0 Å². The largest absolute Gasteiger partial charge is 0.360 e. The maximum atomic E-state index is 13.2. The number of fused-ring (bicyclic) bond motifs is 1. The number of unbranched alkanes of at least 4 members (excludes halogenated alkanes) is 1. The molecule has 2 aromatic carbocycles. The third kappa shape index (κ3) is 4.52. The normalized spacial score (nSPS) is 11.5. The Labute approximate surface area is 186 Å². The first-order valence-electron chi connectivity index (χ1n) is 10.4. The van der Waals surface area contributed by atoms with E-state index in [1.54, 1.807) is 4.90 Å². The van der Waals surface area contributed by atoms with E-state index in [9.17, 15) is 22.4 Å². The molecule has 0 bridgehead atoms. The van der Waals surface area contributed by atoms with E-state index in [4.69, 9.17) is 0 Å². The predicted molar refractivity (Wildman–Crippen MR) is 123 cm³/mol. The number of aromatic nitrogens is 1. The molecule has 1 aromatic heterocycles. The molecule has 0 aliphatic heterocycles. The van der Waals surface area contributed by atoms with Gasteiger partial charge in [0, 0.05) is 37.2 Å². The molecule has 0 aliphatic rings. The maximum absolute atomic E-state index is 13.2. The lowest BCUT2D eigenvalue weighted by Gasteiger charge is -2.21. The fourth-order valence-corrected chi connectivity index (χ4v) is 4.61. The molecule has 0 spiro atoms. The number of hydrogen-bond acceptors (Lipinski definition) is 4. The number of aromatic amines is 1. The molecule has 1 N–H and O–H groups in total. The second-order valence-electron chi connectivity index (χ2n) is 7.43. The summed E-state index contributed by atoms with van der Waals surface area (Å²) in [5.74, 6) is -0.866. The van der Waals surface area contributed by atoms with Gasteiger partial charge in [0.05, 0.1) is 10.6 Å². The summed E-state index contributed by atoms with van der Waals surface area (Å²) in [7, 11) is -2.67. The van der Waals surface area contributed by atoms with Crippen LogP contribution in [0.4, 0.5) is 10.1 Å². The zero-order valence-electron chi connectivity index (χ0n) is 18.3. The second-order valence-corrected chi connectivity index (χ2v) is 9.40. The van der Waals surface area contributed by atoms with E-state index in [2.05, 4.69) is 4.98 Å². The number of nitrogens with zero attached hydrogens (tertiary/aromatic N) is 2. The molecule has 0 fully saturated rings. The molecular formula is C23H26FN3O4S. The Bertz CT molecular complexity index is 1290. The first-order chi connectivity index (χ1) is 15.2. The lowest BCUT2D eigenvalue weighted by Crippen LogP contribution is -2.35. The van der Waals surface area contributed by atoms with Gasteiger partial charge in [-0.25, -0.2) is 12.8 Å². The van der Waals surface area contributed by atoms with Crippen LogP contribution in [0.2, 0.25) is 0 Å². The maximum Gasteiger partial charge on any atom is 0.264 e. The van der Waals surface area contributed by atoms with Gasteiger partial charge in [0.2, 0.25) is 5.43 Å². The highest BCUT2D eigenvalue weighted by Gasteiger charge is 2.24. The number of benzene rings is 2. The van der Waals surface area contributed by atoms with Crippen LogP contribution < -0.4 is 9.73 Å². The number of nitrogens with one attached hydrogen (secondary N) is 1. The Morgan fingerprint density at radius 3 is 2.41 bits per heavy atom. The van der Waals surface area contributed by atoms with Gasteiger partial charge in [-0.15, -0.1) is 0 Å². The van der Waals surface area contributed by atoms with Crippen molar-refractivity contribution in [1.82, 2.24) is 9.88 Å². The zero-order valence-corrected chi connectivity index (χ0v) is 19.1. The van der Waals surface area contributed by atoms with E-state index < -0.39 is 21.3 Å². The number of H-pyrrole nitrogens is 1. The van der Waals surface area contributed by atoms with Crippen molar-refractivity contribution in [2.45, 2.75) is 31.6 Å². The van der Waals surface area contributed by atoms with Crippen molar-refractivity contribution in [3.05, 3.63) is 70.3 Å². The van der Waals surface area contributed by atoms with Crippen LogP contribution in [0.3, 0.4) is 0 Å². The lowest BCUT2D eigenvalue weighted by molar-refractivity contribution is 0.0761. The molecule has 3 aromatic rings. The van der Waals surface area contributed by atoms with Crippen LogP contribution in [-0.4, -0.2) is 44.3 Å². The summed E-state index contributed by atoms with van der Waals surface area (Å²) >= 11 is 0. The molecule has 0 radical (unpaired) electrons. The molecule has 1 amide bonds. The molecule has 32 heavy (non-hydrogen) atoms. The number of halogens is 1. The molecule has 170 valence electrons. The Kier molecular flexibility index (Phi) is 6.98. The van der Waals surface area contributed by atoms with Crippen LogP contribution in [-0.2, 0) is 10.0 Å². The summed E-state index contributed by atoms with van der Waals surface area (Å²) in [4.78, 5) is 30.4. The van der Waals surface area contributed by atoms with Crippen LogP contribution in [0.25, 0.3) is 10.9 Å². The Morgan fingerprint density at radius 2 is 1.78 bits per heavy atom. The lowest BCUT2D eigenvalue weighted by atomic mass is 10.1. The molecule has 9 heteroatoms. The summed E-state index contributed by atoms with van der Waals surface area (Å²) in [5.41, 5.74) is 0.141. The van der Waals surface area contributed by atoms with Gasteiger partial charge in [0.25, 0.3) is 15.9 Å². The standard InChI is InChI=1S/C23H26FN3O4S/c1-4-6-13-27(5-2)23(29)20-15-25-21-12-11-18(14-19(21)22(20)28)32(30,31)26(3)17-9-7-16(24)8-10-17/h7-12,14-15H,4-6,13H2,1-3H3,(H,25,28). The highest BCUT2D eigenvalue weighted by molar-refractivity contribution is 7.92. The van der Waals surface area contributed by atoms with E-state index in [1.165, 1.54) is 55.7 Å². The highest BCUT2D eigenvalue weighted by atomic mass is 32.2. The van der Waals surface area contributed by atoms with E-state index in [0.29, 0.717) is 18.6 Å². The van der Waals surface area contributed by atoms with Crippen molar-refractivity contribution in [1.29, 1.82) is 0 Å². The van der Waals surface area contributed by atoms with Gasteiger partial charge >= 0.3 is 0 Å². The Balaban J connectivity index is 2.04. The molecular weight excluding hydrogens is 433 g/mol. The number of rotatable bonds is 8. The van der Waals surface area contributed by atoms with Crippen LogP contribution in [0.15, 0.2) is 58.4 Å². The van der Waals surface area contributed by atoms with Crippen molar-refractivity contribution in [3.8, 4) is 0 Å². The molecule has 0 unspecified atom stereocenters. The van der Waals surface area contributed by atoms with Crippen molar-refractivity contribution in [2.24, 2.45) is 0 Å². The average molecular weight is 460 g/mol. The number of sulfonamides is 1. The molecule has 1 heterocycles. The van der Waals surface area contributed by atoms with Gasteiger partial charge in [-0.1, -0.05) is 13.3 Å². The van der Waals surface area contributed by atoms with Crippen LogP contribution >= 0.6 is 0 Å². The van der Waals surface area contributed by atoms with Crippen LogP contribution in [0.5, 0.6) is 0 Å². The average Bonchev–Trinajstić information content (AvgIpc) is 2.79. The SMILES string of the molecule is CCCCN(CC)C(=O)c1c[nH]c2ccc(S(=O)(=O)N(C)c3ccc(F)cc3)cc2c1=O. The van der Waals surface area contributed by atoms with Crippen molar-refractivity contribution >= 4 is 32.5 Å². The predicted octanol–water partition coefficient (Wildman–Crippen LogP) is 3.75. The minimum absolute atomic E-state index is 0.0307. The zero-order chi connectivity index (χ0) is 23.5. The molecule has 0 saturated carbocycles. The summed E-state index contributed by atoms with van der Waals surface area (Å²) in [5, 5.41) is 0.107. The van der Waals surface area contributed by atoms with Gasteiger partial charge in [0.1, 0.15) is 11.4 Å². The number of amides is 1. The third-order valence-electron chi connectivity index (χ3n) is 5.38. The first-order valence-corrected chi connectivity index (χ1v) is 11.8. The third-order valence-corrected chi connectivity index (χ3v) is 7.16. The smallest absolute Gasteiger partial charge is 0.264 e. The van der Waals surface area contributed by atoms with E-state index in [0.717, 1.165) is 17.1 Å². The fraction of sp³-hybridized carbons (Fsp3) is 0.304. The van der Waals surface area contributed by atoms with Crippen molar-refractivity contribution in [3.63, 3.8) is 0 Å². The molecule has 0 aliphatic carbocycles. The Hall–Kier alpha value is -3.20. The summed E-state index contributed by atoms with van der Waals surface area (Å²) in [6, 6.07) is 9.19. The highest BCUT2D eigenvalue weighted by Crippen LogP contribution is 2.24. The van der Waals surface area contributed by atoms with Crippen molar-refractivity contribution in [2.75, 3.05) is 24.4 Å². The van der Waals surface area contributed by atoms with Crippen LogP contribution in [0, 0.1) is 5.82 Å². The van der Waals surface area contributed by atoms with Crippen molar-refractivity contribution < 1.29 is 17.6 Å². The molecule has 0 atom stereocenters. The molecule has 7 nitrogen and oxygen atoms in total. The number of pyridine rings is 1. The number of carbonyl (C=O) groups is 1. The van der Waals surface area contributed by atoms with Gasteiger partial charge in [-0.2, -0.15) is 0 Å². The van der Waals surface area contributed by atoms with E-state index in [1.807, 2.05) is 13.8 Å². The number of hydrogen-bond donors (Lipinski definition) is 1. The minimum atomic E-state index is -4.02. The summed E-state index contributed by atoms with van der Waals surface area (Å²) in [6.07, 6.45) is 3.12. The van der Waals surface area contributed by atoms with Gasteiger partial charge in [-0.3, -0.25) is 13.9 Å². The van der Waals surface area contributed by atoms with E-state index in [-0.39, 0.29) is 27.4 Å². The van der Waals surface area contributed by atoms with Gasteiger partial charge in [-0.05, 0) is 55.8 Å². The van der Waals surface area contributed by atoms with Gasteiger partial charge in [0.15, 0.2) is 0 Å². The molecule has 0 saturated heterocycles. The minimum Gasteiger partial charge on any atom is -0.360 e. The molecule has 3 rings (SSSR count). The number of anilines is 1. The topological polar surface area (TPSA) is 90.6 Å². The van der Waals surface area contributed by atoms with Gasteiger partial charge < -0.3 is 9.88 Å². The quantitative estimate of drug-likeness (QED) is 0.555. The summed E-state index contributed by atoms with van der Waals surface area (Å²) < 4.78 is 40.4. The summed E-state index contributed by atoms with van der Waals surface area (Å²) in [6.45, 7) is 4.87. The fourth-order valence-electron chi connectivity index (χ4n) is 3.39. The van der Waals surface area contributed by atoms with Crippen LogP contribution in [0.1, 0.15) is 37.0 Å². The second kappa shape index (κ2) is 9.52. The Morgan fingerprint density at radius 1 is 1.09 bits per heavy atom. The number of carbonyl (C=O) groups excluding carboxylic acids is 1. The first kappa shape index (κ1) is 23.5. The monoisotopic (exact) mass is 459 g/mol.